The van der Waals surface area contributed by atoms with Gasteiger partial charge in [0.2, 0.25) is 0 Å². The van der Waals surface area contributed by atoms with Gasteiger partial charge in [0, 0.05) is 29.5 Å². The fourth-order valence-electron chi connectivity index (χ4n) is 1.89. The van der Waals surface area contributed by atoms with Crippen molar-refractivity contribution in [2.24, 2.45) is 5.92 Å². The quantitative estimate of drug-likeness (QED) is 0.648. The number of ether oxygens (including phenoxy) is 1. The Morgan fingerprint density at radius 1 is 1.38 bits per heavy atom. The summed E-state index contributed by atoms with van der Waals surface area (Å²) in [6.45, 7) is 4.01. The summed E-state index contributed by atoms with van der Waals surface area (Å²) in [5, 5.41) is 0. The molecule has 1 aromatic carbocycles. The fraction of sp³-hybridized carbons (Fsp3) is 0.538. The first kappa shape index (κ1) is 11.8. The van der Waals surface area contributed by atoms with Gasteiger partial charge in [-0.2, -0.15) is 0 Å². The number of thioether (sulfide) groups is 1. The molecule has 2 rings (SSSR count). The van der Waals surface area contributed by atoms with Crippen LogP contribution in [0, 0.1) is 12.8 Å². The molecule has 0 radical (unpaired) electrons. The predicted molar refractivity (Wildman–Crippen MR) is 69.9 cm³/mol. The summed E-state index contributed by atoms with van der Waals surface area (Å²) in [6.07, 6.45) is 2.41. The number of hydrogen-bond acceptors (Lipinski definition) is 3. The fourth-order valence-corrected chi connectivity index (χ4v) is 3.16. The van der Waals surface area contributed by atoms with Gasteiger partial charge in [-0.15, -0.1) is 11.8 Å². The maximum atomic E-state index is 5.80. The molecule has 0 aliphatic carbocycles. The third kappa shape index (κ3) is 3.16. The summed E-state index contributed by atoms with van der Waals surface area (Å²) < 4.78 is 5.37. The Kier molecular flexibility index (Phi) is 4.13. The molecule has 0 unspecified atom stereocenters. The Morgan fingerprint density at radius 2 is 2.12 bits per heavy atom. The molecule has 0 bridgehead atoms. The molecule has 1 heterocycles. The Morgan fingerprint density at radius 3 is 2.88 bits per heavy atom. The van der Waals surface area contributed by atoms with E-state index in [0.717, 1.165) is 24.8 Å². The molecule has 0 amide bonds. The van der Waals surface area contributed by atoms with Crippen molar-refractivity contribution in [2.75, 3.05) is 24.7 Å². The molecule has 0 aromatic heterocycles. The third-order valence-electron chi connectivity index (χ3n) is 3.03. The smallest absolute Gasteiger partial charge is 0.0468 e. The van der Waals surface area contributed by atoms with Crippen LogP contribution in [0.2, 0.25) is 0 Å². The van der Waals surface area contributed by atoms with E-state index in [1.54, 1.807) is 0 Å². The Bertz CT molecular complexity index is 348. The summed E-state index contributed by atoms with van der Waals surface area (Å²) in [7, 11) is 0. The number of nitrogen functional groups attached to an aromatic ring is 1. The van der Waals surface area contributed by atoms with Crippen LogP contribution >= 0.6 is 11.8 Å². The highest BCUT2D eigenvalue weighted by atomic mass is 32.2. The topological polar surface area (TPSA) is 35.2 Å². The standard InChI is InChI=1S/C13H19NOS/c1-10-2-3-12(14)8-13(10)16-9-11-4-6-15-7-5-11/h2-3,8,11H,4-7,9,14H2,1H3. The maximum Gasteiger partial charge on any atom is 0.0468 e. The number of nitrogens with two attached hydrogens (primary N) is 1. The molecule has 0 saturated carbocycles. The van der Waals surface area contributed by atoms with Gasteiger partial charge < -0.3 is 10.5 Å². The van der Waals surface area contributed by atoms with Crippen molar-refractivity contribution in [2.45, 2.75) is 24.7 Å². The largest absolute Gasteiger partial charge is 0.399 e. The Balaban J connectivity index is 1.90. The molecular weight excluding hydrogens is 218 g/mol. The molecule has 0 spiro atoms. The first-order valence-corrected chi connectivity index (χ1v) is 6.81. The summed E-state index contributed by atoms with van der Waals surface area (Å²) >= 11 is 1.93. The number of rotatable bonds is 3. The Labute approximate surface area is 102 Å². The zero-order valence-corrected chi connectivity index (χ0v) is 10.6. The number of aryl methyl sites for hydroxylation is 1. The van der Waals surface area contributed by atoms with E-state index in [4.69, 9.17) is 10.5 Å². The Hall–Kier alpha value is -0.670. The average Bonchev–Trinajstić information content (AvgIpc) is 2.32. The van der Waals surface area contributed by atoms with Gasteiger partial charge in [-0.3, -0.25) is 0 Å². The van der Waals surface area contributed by atoms with Gasteiger partial charge in [0.1, 0.15) is 0 Å². The zero-order valence-electron chi connectivity index (χ0n) is 9.74. The highest BCUT2D eigenvalue weighted by molar-refractivity contribution is 7.99. The van der Waals surface area contributed by atoms with Crippen molar-refractivity contribution in [3.05, 3.63) is 23.8 Å². The molecule has 2 N–H and O–H groups in total. The van der Waals surface area contributed by atoms with E-state index in [1.165, 1.54) is 29.1 Å². The normalized spacial score (nSPS) is 17.6. The van der Waals surface area contributed by atoms with Gasteiger partial charge in [0.25, 0.3) is 0 Å². The number of benzene rings is 1. The van der Waals surface area contributed by atoms with E-state index >= 15 is 0 Å². The number of anilines is 1. The molecule has 88 valence electrons. The minimum atomic E-state index is 0.805. The van der Waals surface area contributed by atoms with Gasteiger partial charge in [-0.25, -0.2) is 0 Å². The van der Waals surface area contributed by atoms with Gasteiger partial charge in [0.05, 0.1) is 0 Å². The van der Waals surface area contributed by atoms with Crippen LogP contribution in [0.25, 0.3) is 0 Å². The van der Waals surface area contributed by atoms with Gasteiger partial charge in [-0.05, 0) is 43.4 Å². The second-order valence-electron chi connectivity index (χ2n) is 4.39. The lowest BCUT2D eigenvalue weighted by molar-refractivity contribution is 0.0728. The lowest BCUT2D eigenvalue weighted by Gasteiger charge is -2.21. The van der Waals surface area contributed by atoms with Crippen LogP contribution in [0.1, 0.15) is 18.4 Å². The van der Waals surface area contributed by atoms with Crippen molar-refractivity contribution in [1.82, 2.24) is 0 Å². The van der Waals surface area contributed by atoms with E-state index in [0.29, 0.717) is 0 Å². The molecule has 1 saturated heterocycles. The molecule has 1 aromatic rings. The molecule has 0 atom stereocenters. The molecular formula is C13H19NOS. The monoisotopic (exact) mass is 237 g/mol. The highest BCUT2D eigenvalue weighted by Gasteiger charge is 2.14. The number of hydrogen-bond donors (Lipinski definition) is 1. The molecule has 1 aliphatic heterocycles. The maximum absolute atomic E-state index is 5.80. The van der Waals surface area contributed by atoms with Crippen LogP contribution in [0.3, 0.4) is 0 Å². The van der Waals surface area contributed by atoms with Crippen molar-refractivity contribution >= 4 is 17.4 Å². The molecule has 3 heteroatoms. The van der Waals surface area contributed by atoms with E-state index in [9.17, 15) is 0 Å². The molecule has 16 heavy (non-hydrogen) atoms. The molecule has 2 nitrogen and oxygen atoms in total. The minimum absolute atomic E-state index is 0.805. The highest BCUT2D eigenvalue weighted by Crippen LogP contribution is 2.29. The van der Waals surface area contributed by atoms with Gasteiger partial charge in [-0.1, -0.05) is 6.07 Å². The van der Waals surface area contributed by atoms with Crippen molar-refractivity contribution in [3.63, 3.8) is 0 Å². The summed E-state index contributed by atoms with van der Waals surface area (Å²) in [5.41, 5.74) is 7.99. The van der Waals surface area contributed by atoms with Crippen LogP contribution in [-0.2, 0) is 4.74 Å². The zero-order chi connectivity index (χ0) is 11.4. The van der Waals surface area contributed by atoms with Gasteiger partial charge >= 0.3 is 0 Å². The molecule has 1 fully saturated rings. The third-order valence-corrected chi connectivity index (χ3v) is 4.42. The van der Waals surface area contributed by atoms with Crippen molar-refractivity contribution in [3.8, 4) is 0 Å². The van der Waals surface area contributed by atoms with E-state index in [2.05, 4.69) is 19.1 Å². The SMILES string of the molecule is Cc1ccc(N)cc1SCC1CCOCC1. The second kappa shape index (κ2) is 5.60. The van der Waals surface area contributed by atoms with E-state index < -0.39 is 0 Å². The van der Waals surface area contributed by atoms with Crippen molar-refractivity contribution in [1.29, 1.82) is 0 Å². The van der Waals surface area contributed by atoms with Crippen LogP contribution in [0.4, 0.5) is 5.69 Å². The summed E-state index contributed by atoms with van der Waals surface area (Å²) in [4.78, 5) is 1.33. The van der Waals surface area contributed by atoms with Crippen LogP contribution in [-0.4, -0.2) is 19.0 Å². The predicted octanol–water partition coefficient (Wildman–Crippen LogP) is 3.10. The summed E-state index contributed by atoms with van der Waals surface area (Å²) in [5.74, 6) is 1.99. The average molecular weight is 237 g/mol. The van der Waals surface area contributed by atoms with E-state index in [1.807, 2.05) is 17.8 Å². The van der Waals surface area contributed by atoms with Crippen LogP contribution in [0.15, 0.2) is 23.1 Å². The minimum Gasteiger partial charge on any atom is -0.399 e. The lowest BCUT2D eigenvalue weighted by atomic mass is 10.0. The van der Waals surface area contributed by atoms with Crippen LogP contribution in [0.5, 0.6) is 0 Å². The molecule has 1 aliphatic rings. The van der Waals surface area contributed by atoms with Crippen LogP contribution < -0.4 is 5.73 Å². The summed E-state index contributed by atoms with van der Waals surface area (Å²) in [6, 6.07) is 6.15. The van der Waals surface area contributed by atoms with Crippen molar-refractivity contribution < 1.29 is 4.74 Å². The van der Waals surface area contributed by atoms with E-state index in [-0.39, 0.29) is 0 Å². The van der Waals surface area contributed by atoms with Gasteiger partial charge in [0.15, 0.2) is 0 Å². The second-order valence-corrected chi connectivity index (χ2v) is 5.45. The lowest BCUT2D eigenvalue weighted by Crippen LogP contribution is -2.17. The first-order valence-electron chi connectivity index (χ1n) is 5.82. The first-order chi connectivity index (χ1) is 7.75.